The maximum Gasteiger partial charge on any atom is 0.333 e. The molecule has 0 bridgehead atoms. The third-order valence-corrected chi connectivity index (χ3v) is 2.05. The fourth-order valence-electron chi connectivity index (χ4n) is 0.991. The first-order valence-corrected chi connectivity index (χ1v) is 3.86. The van der Waals surface area contributed by atoms with E-state index < -0.39 is 6.03 Å². The van der Waals surface area contributed by atoms with Crippen molar-refractivity contribution < 1.29 is 9.59 Å². The summed E-state index contributed by atoms with van der Waals surface area (Å²) in [6, 6.07) is -0.656. The van der Waals surface area contributed by atoms with Crippen molar-refractivity contribution in [3.05, 3.63) is 0 Å². The highest BCUT2D eigenvalue weighted by molar-refractivity contribution is 5.83. The van der Waals surface area contributed by atoms with Gasteiger partial charge in [-0.15, -0.1) is 0 Å². The van der Waals surface area contributed by atoms with Gasteiger partial charge in [0.05, 0.1) is 0 Å². The van der Waals surface area contributed by atoms with Gasteiger partial charge < -0.3 is 5.73 Å². The summed E-state index contributed by atoms with van der Waals surface area (Å²) in [6.07, 6.45) is 0.901. The minimum Gasteiger partial charge on any atom is -0.350 e. The van der Waals surface area contributed by atoms with Gasteiger partial charge in [0.25, 0.3) is 0 Å². The molecule has 0 radical (unpaired) electrons. The molecular formula is C7H13N3O2. The maximum atomic E-state index is 11.2. The molecule has 0 saturated heterocycles. The molecule has 0 aromatic rings. The monoisotopic (exact) mass is 171 g/mol. The molecule has 1 aliphatic rings. The van der Waals surface area contributed by atoms with Crippen LogP contribution in [0.5, 0.6) is 0 Å². The van der Waals surface area contributed by atoms with E-state index in [0.717, 1.165) is 11.4 Å². The first-order chi connectivity index (χ1) is 5.52. The van der Waals surface area contributed by atoms with E-state index in [1.807, 2.05) is 6.92 Å². The lowest BCUT2D eigenvalue weighted by atomic mass is 10.3. The Morgan fingerprint density at radius 1 is 1.58 bits per heavy atom. The second-order valence-corrected chi connectivity index (χ2v) is 3.19. The lowest BCUT2D eigenvalue weighted by Gasteiger charge is -2.14. The summed E-state index contributed by atoms with van der Waals surface area (Å²) in [6.45, 7) is 1.99. The fraction of sp³-hybridized carbons (Fsp3) is 0.714. The van der Waals surface area contributed by atoms with Crippen molar-refractivity contribution in [2.45, 2.75) is 13.3 Å². The smallest absolute Gasteiger partial charge is 0.333 e. The number of hydrogen-bond acceptors (Lipinski definition) is 2. The van der Waals surface area contributed by atoms with Gasteiger partial charge in [0.1, 0.15) is 0 Å². The predicted octanol–water partition coefficient (Wildman–Crippen LogP) is -0.316. The standard InChI is InChI=1S/C7H13N3O2/c1-4-3-5(4)6(11)9-10(2)7(8)12/h4-5H,3H2,1-2H3,(H2,8,12)(H,9,11). The molecule has 2 unspecified atom stereocenters. The molecule has 5 nitrogen and oxygen atoms in total. The molecule has 3 N–H and O–H groups in total. The molecule has 68 valence electrons. The summed E-state index contributed by atoms with van der Waals surface area (Å²) in [7, 11) is 1.42. The zero-order valence-corrected chi connectivity index (χ0v) is 7.20. The minimum absolute atomic E-state index is 0.0619. The second kappa shape index (κ2) is 3.00. The van der Waals surface area contributed by atoms with Gasteiger partial charge in [-0.3, -0.25) is 10.2 Å². The van der Waals surface area contributed by atoms with Gasteiger partial charge in [-0.2, -0.15) is 0 Å². The number of carbonyl (C=O) groups excluding carboxylic acids is 2. The van der Waals surface area contributed by atoms with Crippen molar-refractivity contribution in [3.8, 4) is 0 Å². The number of urea groups is 1. The van der Waals surface area contributed by atoms with E-state index in [0.29, 0.717) is 5.92 Å². The summed E-state index contributed by atoms with van der Waals surface area (Å²) in [5, 5.41) is 0.993. The number of nitrogens with zero attached hydrogens (tertiary/aromatic N) is 1. The third kappa shape index (κ3) is 1.87. The van der Waals surface area contributed by atoms with Crippen LogP contribution >= 0.6 is 0 Å². The summed E-state index contributed by atoms with van der Waals surface area (Å²) in [5.74, 6) is 0.377. The molecule has 0 aliphatic heterocycles. The van der Waals surface area contributed by atoms with Crippen LogP contribution in [-0.2, 0) is 4.79 Å². The molecule has 2 atom stereocenters. The Morgan fingerprint density at radius 3 is 2.42 bits per heavy atom. The van der Waals surface area contributed by atoms with Crippen LogP contribution in [0.2, 0.25) is 0 Å². The van der Waals surface area contributed by atoms with Crippen molar-refractivity contribution in [2.24, 2.45) is 17.6 Å². The van der Waals surface area contributed by atoms with E-state index >= 15 is 0 Å². The minimum atomic E-state index is -0.656. The molecule has 0 spiro atoms. The first-order valence-electron chi connectivity index (χ1n) is 3.86. The Balaban J connectivity index is 2.31. The highest BCUT2D eigenvalue weighted by atomic mass is 16.2. The van der Waals surface area contributed by atoms with Gasteiger partial charge in [0.15, 0.2) is 0 Å². The topological polar surface area (TPSA) is 75.4 Å². The van der Waals surface area contributed by atoms with Gasteiger partial charge in [0, 0.05) is 13.0 Å². The molecule has 0 aromatic carbocycles. The maximum absolute atomic E-state index is 11.2. The van der Waals surface area contributed by atoms with Crippen molar-refractivity contribution >= 4 is 11.9 Å². The van der Waals surface area contributed by atoms with Crippen LogP contribution < -0.4 is 11.2 Å². The molecule has 3 amide bonds. The van der Waals surface area contributed by atoms with Crippen LogP contribution in [-0.4, -0.2) is 24.0 Å². The summed E-state index contributed by atoms with van der Waals surface area (Å²) >= 11 is 0. The summed E-state index contributed by atoms with van der Waals surface area (Å²) < 4.78 is 0. The van der Waals surface area contributed by atoms with Crippen LogP contribution in [0.15, 0.2) is 0 Å². The predicted molar refractivity (Wildman–Crippen MR) is 42.8 cm³/mol. The zero-order chi connectivity index (χ0) is 9.30. The lowest BCUT2D eigenvalue weighted by molar-refractivity contribution is -0.125. The van der Waals surface area contributed by atoms with Crippen molar-refractivity contribution in [3.63, 3.8) is 0 Å². The molecule has 5 heteroatoms. The average Bonchev–Trinajstić information content (AvgIpc) is 2.66. The number of hydrogen-bond donors (Lipinski definition) is 2. The highest BCUT2D eigenvalue weighted by Crippen LogP contribution is 2.37. The summed E-state index contributed by atoms with van der Waals surface area (Å²) in [4.78, 5) is 21.7. The Labute approximate surface area is 70.9 Å². The van der Waals surface area contributed by atoms with Crippen LogP contribution in [0.3, 0.4) is 0 Å². The summed E-state index contributed by atoms with van der Waals surface area (Å²) in [5.41, 5.74) is 7.30. The number of nitrogens with one attached hydrogen (secondary N) is 1. The number of amides is 3. The molecular weight excluding hydrogens is 158 g/mol. The van der Waals surface area contributed by atoms with Crippen LogP contribution in [0, 0.1) is 11.8 Å². The second-order valence-electron chi connectivity index (χ2n) is 3.19. The van der Waals surface area contributed by atoms with Crippen molar-refractivity contribution in [1.82, 2.24) is 10.4 Å². The first kappa shape index (κ1) is 8.83. The van der Waals surface area contributed by atoms with Gasteiger partial charge >= 0.3 is 6.03 Å². The quantitative estimate of drug-likeness (QED) is 0.531. The molecule has 0 heterocycles. The van der Waals surface area contributed by atoms with E-state index in [9.17, 15) is 9.59 Å². The molecule has 0 aromatic heterocycles. The van der Waals surface area contributed by atoms with E-state index in [4.69, 9.17) is 5.73 Å². The normalized spacial score (nSPS) is 26.2. The Morgan fingerprint density at radius 2 is 2.08 bits per heavy atom. The van der Waals surface area contributed by atoms with E-state index in [2.05, 4.69) is 5.43 Å². The fourth-order valence-corrected chi connectivity index (χ4v) is 0.991. The van der Waals surface area contributed by atoms with Crippen LogP contribution in [0.25, 0.3) is 0 Å². The highest BCUT2D eigenvalue weighted by Gasteiger charge is 2.39. The van der Waals surface area contributed by atoms with Gasteiger partial charge in [-0.1, -0.05) is 6.92 Å². The van der Waals surface area contributed by atoms with Crippen LogP contribution in [0.1, 0.15) is 13.3 Å². The number of rotatable bonds is 1. The lowest BCUT2D eigenvalue weighted by Crippen LogP contribution is -2.46. The third-order valence-electron chi connectivity index (χ3n) is 2.05. The Kier molecular flexibility index (Phi) is 2.21. The van der Waals surface area contributed by atoms with Crippen LogP contribution in [0.4, 0.5) is 4.79 Å². The van der Waals surface area contributed by atoms with Crippen molar-refractivity contribution in [1.29, 1.82) is 0 Å². The molecule has 1 rings (SSSR count). The molecule has 12 heavy (non-hydrogen) atoms. The van der Waals surface area contributed by atoms with Gasteiger partial charge in [-0.05, 0) is 12.3 Å². The Bertz CT molecular complexity index is 217. The van der Waals surface area contributed by atoms with E-state index in [-0.39, 0.29) is 11.8 Å². The zero-order valence-electron chi connectivity index (χ0n) is 7.20. The number of hydrazine groups is 1. The number of carbonyl (C=O) groups is 2. The number of primary amides is 1. The van der Waals surface area contributed by atoms with E-state index in [1.54, 1.807) is 0 Å². The van der Waals surface area contributed by atoms with Gasteiger partial charge in [0.2, 0.25) is 5.91 Å². The number of nitrogens with two attached hydrogens (primary N) is 1. The SMILES string of the molecule is CC1CC1C(=O)NN(C)C(N)=O. The molecule has 1 aliphatic carbocycles. The molecule has 1 fully saturated rings. The Hall–Kier alpha value is -1.26. The largest absolute Gasteiger partial charge is 0.350 e. The average molecular weight is 171 g/mol. The van der Waals surface area contributed by atoms with Crippen molar-refractivity contribution in [2.75, 3.05) is 7.05 Å². The molecule has 1 saturated carbocycles. The van der Waals surface area contributed by atoms with E-state index in [1.165, 1.54) is 7.05 Å². The van der Waals surface area contributed by atoms with Gasteiger partial charge in [-0.25, -0.2) is 9.80 Å².